The number of hydrogen-bond donors (Lipinski definition) is 2. The molecule has 3 N–H and O–H groups in total. The van der Waals surface area contributed by atoms with Crippen molar-refractivity contribution in [1.29, 1.82) is 0 Å². The first-order valence-electron chi connectivity index (χ1n) is 4.11. The lowest BCUT2D eigenvalue weighted by Gasteiger charge is -2.14. The first-order valence-corrected chi connectivity index (χ1v) is 4.11. The lowest BCUT2D eigenvalue weighted by Crippen LogP contribution is -2.24. The van der Waals surface area contributed by atoms with Crippen LogP contribution in [0.5, 0.6) is 0 Å². The van der Waals surface area contributed by atoms with Crippen LogP contribution in [0.4, 0.5) is 0 Å². The van der Waals surface area contributed by atoms with Gasteiger partial charge in [0.2, 0.25) is 0 Å². The van der Waals surface area contributed by atoms with Gasteiger partial charge in [-0.1, -0.05) is 29.8 Å². The molecule has 2 atom stereocenters. The molecule has 0 aliphatic heterocycles. The van der Waals surface area contributed by atoms with E-state index < -0.39 is 6.10 Å². The molecular formula is C10H15NO. The van der Waals surface area contributed by atoms with E-state index in [0.717, 1.165) is 11.1 Å². The van der Waals surface area contributed by atoms with E-state index in [1.54, 1.807) is 6.92 Å². The highest BCUT2D eigenvalue weighted by Gasteiger charge is 2.11. The third-order valence-corrected chi connectivity index (χ3v) is 1.88. The number of nitrogens with two attached hydrogens (primary N) is 1. The van der Waals surface area contributed by atoms with Gasteiger partial charge < -0.3 is 10.8 Å². The third kappa shape index (κ3) is 2.06. The minimum absolute atomic E-state index is 0.216. The van der Waals surface area contributed by atoms with Gasteiger partial charge in [0.1, 0.15) is 0 Å². The minimum Gasteiger partial charge on any atom is -0.387 e. The van der Waals surface area contributed by atoms with Gasteiger partial charge in [0, 0.05) is 6.04 Å². The molecule has 0 amide bonds. The Morgan fingerprint density at radius 3 is 2.58 bits per heavy atom. The molecule has 0 saturated carbocycles. The highest BCUT2D eigenvalue weighted by Crippen LogP contribution is 2.16. The number of aryl methyl sites for hydroxylation is 1. The zero-order valence-electron chi connectivity index (χ0n) is 7.49. The Balaban J connectivity index is 2.88. The SMILES string of the molecule is Cc1cccc([C@@H](O)[C@H](C)N)c1. The van der Waals surface area contributed by atoms with Crippen LogP contribution in [-0.2, 0) is 0 Å². The minimum atomic E-state index is -0.551. The Hall–Kier alpha value is -0.860. The first-order chi connectivity index (χ1) is 5.61. The molecule has 0 aliphatic rings. The van der Waals surface area contributed by atoms with E-state index in [-0.39, 0.29) is 6.04 Å². The predicted octanol–water partition coefficient (Wildman–Crippen LogP) is 1.38. The Morgan fingerprint density at radius 2 is 2.08 bits per heavy atom. The maximum atomic E-state index is 9.60. The van der Waals surface area contributed by atoms with Gasteiger partial charge in [0.15, 0.2) is 0 Å². The second-order valence-electron chi connectivity index (χ2n) is 3.22. The van der Waals surface area contributed by atoms with E-state index in [0.29, 0.717) is 0 Å². The molecule has 0 radical (unpaired) electrons. The fraction of sp³-hybridized carbons (Fsp3) is 0.400. The molecular weight excluding hydrogens is 150 g/mol. The van der Waals surface area contributed by atoms with Crippen molar-refractivity contribution >= 4 is 0 Å². The van der Waals surface area contributed by atoms with Gasteiger partial charge >= 0.3 is 0 Å². The first kappa shape index (κ1) is 9.23. The lowest BCUT2D eigenvalue weighted by molar-refractivity contribution is 0.153. The van der Waals surface area contributed by atoms with Crippen LogP contribution in [0.1, 0.15) is 24.2 Å². The van der Waals surface area contributed by atoms with E-state index in [4.69, 9.17) is 5.73 Å². The fourth-order valence-corrected chi connectivity index (χ4v) is 1.16. The molecule has 0 bridgehead atoms. The summed E-state index contributed by atoms with van der Waals surface area (Å²) >= 11 is 0. The second-order valence-corrected chi connectivity index (χ2v) is 3.22. The van der Waals surface area contributed by atoms with Crippen LogP contribution in [0, 0.1) is 6.92 Å². The summed E-state index contributed by atoms with van der Waals surface area (Å²) in [6.45, 7) is 3.80. The van der Waals surface area contributed by atoms with Crippen molar-refractivity contribution in [2.45, 2.75) is 26.0 Å². The number of aliphatic hydroxyl groups excluding tert-OH is 1. The van der Waals surface area contributed by atoms with Gasteiger partial charge in [-0.2, -0.15) is 0 Å². The quantitative estimate of drug-likeness (QED) is 0.695. The monoisotopic (exact) mass is 165 g/mol. The number of hydrogen-bond acceptors (Lipinski definition) is 2. The molecule has 1 rings (SSSR count). The smallest absolute Gasteiger partial charge is 0.0938 e. The molecule has 0 aliphatic carbocycles. The molecule has 0 unspecified atom stereocenters. The largest absolute Gasteiger partial charge is 0.387 e. The zero-order valence-corrected chi connectivity index (χ0v) is 7.49. The summed E-state index contributed by atoms with van der Waals surface area (Å²) in [7, 11) is 0. The van der Waals surface area contributed by atoms with E-state index in [9.17, 15) is 5.11 Å². The van der Waals surface area contributed by atoms with Gasteiger partial charge in [-0.05, 0) is 19.4 Å². The molecule has 12 heavy (non-hydrogen) atoms. The molecule has 1 aromatic rings. The van der Waals surface area contributed by atoms with Crippen LogP contribution in [0.25, 0.3) is 0 Å². The van der Waals surface area contributed by atoms with E-state index in [2.05, 4.69) is 0 Å². The molecule has 0 heterocycles. The average molecular weight is 165 g/mol. The van der Waals surface area contributed by atoms with Crippen molar-refractivity contribution in [2.75, 3.05) is 0 Å². The predicted molar refractivity (Wildman–Crippen MR) is 49.8 cm³/mol. The normalized spacial score (nSPS) is 15.7. The Kier molecular flexibility index (Phi) is 2.84. The number of aliphatic hydroxyl groups is 1. The highest BCUT2D eigenvalue weighted by molar-refractivity contribution is 5.24. The van der Waals surface area contributed by atoms with Crippen molar-refractivity contribution in [3.63, 3.8) is 0 Å². The topological polar surface area (TPSA) is 46.2 Å². The molecule has 1 aromatic carbocycles. The second kappa shape index (κ2) is 3.70. The Labute approximate surface area is 73.0 Å². The summed E-state index contributed by atoms with van der Waals surface area (Å²) in [6, 6.07) is 7.55. The molecule has 0 aromatic heterocycles. The fourth-order valence-electron chi connectivity index (χ4n) is 1.16. The lowest BCUT2D eigenvalue weighted by atomic mass is 10.0. The highest BCUT2D eigenvalue weighted by atomic mass is 16.3. The van der Waals surface area contributed by atoms with Gasteiger partial charge in [0.05, 0.1) is 6.10 Å². The summed E-state index contributed by atoms with van der Waals surface area (Å²) < 4.78 is 0. The molecule has 0 saturated heterocycles. The zero-order chi connectivity index (χ0) is 9.14. The summed E-state index contributed by atoms with van der Waals surface area (Å²) in [6.07, 6.45) is -0.551. The average Bonchev–Trinajstić information content (AvgIpc) is 2.03. The maximum absolute atomic E-state index is 9.60. The molecule has 2 nitrogen and oxygen atoms in total. The summed E-state index contributed by atoms with van der Waals surface area (Å²) in [5, 5.41) is 9.60. The number of rotatable bonds is 2. The molecule has 66 valence electrons. The van der Waals surface area contributed by atoms with Crippen molar-refractivity contribution in [3.8, 4) is 0 Å². The van der Waals surface area contributed by atoms with Crippen LogP contribution in [0.2, 0.25) is 0 Å². The van der Waals surface area contributed by atoms with Gasteiger partial charge in [-0.3, -0.25) is 0 Å². The summed E-state index contributed by atoms with van der Waals surface area (Å²) in [5.74, 6) is 0. The third-order valence-electron chi connectivity index (χ3n) is 1.88. The van der Waals surface area contributed by atoms with E-state index >= 15 is 0 Å². The van der Waals surface area contributed by atoms with Crippen molar-refractivity contribution in [1.82, 2.24) is 0 Å². The number of benzene rings is 1. The Bertz CT molecular complexity index is 258. The van der Waals surface area contributed by atoms with Crippen LogP contribution in [0.15, 0.2) is 24.3 Å². The van der Waals surface area contributed by atoms with Crippen LogP contribution >= 0.6 is 0 Å². The standard InChI is InChI=1S/C10H15NO/c1-7-4-3-5-9(6-7)10(12)8(2)11/h3-6,8,10,12H,11H2,1-2H3/t8-,10-/m0/s1. The summed E-state index contributed by atoms with van der Waals surface area (Å²) in [4.78, 5) is 0. The van der Waals surface area contributed by atoms with Crippen molar-refractivity contribution in [3.05, 3.63) is 35.4 Å². The molecule has 2 heteroatoms. The van der Waals surface area contributed by atoms with E-state index in [1.165, 1.54) is 0 Å². The van der Waals surface area contributed by atoms with Gasteiger partial charge in [0.25, 0.3) is 0 Å². The van der Waals surface area contributed by atoms with Crippen LogP contribution in [-0.4, -0.2) is 11.1 Å². The maximum Gasteiger partial charge on any atom is 0.0938 e. The van der Waals surface area contributed by atoms with Crippen LogP contribution in [0.3, 0.4) is 0 Å². The van der Waals surface area contributed by atoms with Gasteiger partial charge in [-0.25, -0.2) is 0 Å². The van der Waals surface area contributed by atoms with Crippen molar-refractivity contribution < 1.29 is 5.11 Å². The van der Waals surface area contributed by atoms with E-state index in [1.807, 2.05) is 31.2 Å². The van der Waals surface area contributed by atoms with Crippen LogP contribution < -0.4 is 5.73 Å². The summed E-state index contributed by atoms with van der Waals surface area (Å²) in [5.41, 5.74) is 7.61. The molecule has 0 spiro atoms. The van der Waals surface area contributed by atoms with Gasteiger partial charge in [-0.15, -0.1) is 0 Å². The van der Waals surface area contributed by atoms with Crippen molar-refractivity contribution in [2.24, 2.45) is 5.73 Å². The Morgan fingerprint density at radius 1 is 1.42 bits per heavy atom. The molecule has 0 fully saturated rings.